The summed E-state index contributed by atoms with van der Waals surface area (Å²) in [6, 6.07) is 4.46. The highest BCUT2D eigenvalue weighted by atomic mass is 28.3. The number of hydrogen-bond acceptors (Lipinski definition) is 0. The van der Waals surface area contributed by atoms with Gasteiger partial charge in [-0.3, -0.25) is 0 Å². The molecule has 0 N–H and O–H groups in total. The Hall–Kier alpha value is 0.174. The quantitative estimate of drug-likeness (QED) is 0.327. The first-order valence-corrected chi connectivity index (χ1v) is 9.51. The van der Waals surface area contributed by atoms with Gasteiger partial charge in [0.2, 0.25) is 0 Å². The largest absolute Gasteiger partial charge is 0.103 e. The molecule has 2 heteroatoms. The molecule has 0 atom stereocenters. The summed E-state index contributed by atoms with van der Waals surface area (Å²) in [5, 5.41) is 0. The lowest BCUT2D eigenvalue weighted by Crippen LogP contribution is -1.99. The average molecular weight is 172 g/mol. The van der Waals surface area contributed by atoms with Gasteiger partial charge < -0.3 is 0 Å². The molecule has 0 unspecified atom stereocenters. The molecular weight excluding hydrogens is 152 g/mol. The molecule has 0 radical (unpaired) electrons. The molecule has 0 fully saturated rings. The highest BCUT2D eigenvalue weighted by Crippen LogP contribution is 2.01. The molecule has 0 nitrogen and oxygen atoms in total. The second-order valence-electron chi connectivity index (χ2n) is 3.32. The maximum atomic E-state index is 3.74. The van der Waals surface area contributed by atoms with E-state index in [4.69, 9.17) is 0 Å². The second kappa shape index (κ2) is 7.28. The normalized spacial score (nSPS) is 11.5. The maximum Gasteiger partial charge on any atom is 0.0305 e. The Bertz CT molecular complexity index is 79.3. The van der Waals surface area contributed by atoms with E-state index in [2.05, 4.69) is 25.7 Å². The average Bonchev–Trinajstić information content (AvgIpc) is 1.87. The first-order chi connectivity index (χ1) is 4.77. The van der Waals surface area contributed by atoms with Crippen molar-refractivity contribution in [3.63, 3.8) is 0 Å². The zero-order valence-corrected chi connectivity index (χ0v) is 9.97. The molecule has 60 valence electrons. The van der Waals surface area contributed by atoms with Crippen molar-refractivity contribution in [1.29, 1.82) is 0 Å². The van der Waals surface area contributed by atoms with Crippen LogP contribution < -0.4 is 0 Å². The number of rotatable bonds is 6. The molecule has 0 aromatic rings. The predicted octanol–water partition coefficient (Wildman–Crippen LogP) is 2.05. The summed E-state index contributed by atoms with van der Waals surface area (Å²) < 4.78 is 0. The Labute approximate surface area is 69.2 Å². The van der Waals surface area contributed by atoms with E-state index in [0.717, 1.165) is 0 Å². The number of allylic oxidation sites excluding steroid dienone is 1. The van der Waals surface area contributed by atoms with Gasteiger partial charge in [-0.1, -0.05) is 37.7 Å². The molecule has 0 aromatic heterocycles. The fourth-order valence-corrected chi connectivity index (χ4v) is 3.92. The summed E-state index contributed by atoms with van der Waals surface area (Å²) in [5.74, 6) is 0. The highest BCUT2D eigenvalue weighted by Gasteiger charge is 1.94. The third-order valence-corrected chi connectivity index (χ3v) is 5.07. The molecule has 0 amide bonds. The monoisotopic (exact) mass is 172 g/mol. The fourth-order valence-electron chi connectivity index (χ4n) is 1.02. The van der Waals surface area contributed by atoms with Gasteiger partial charge in [0.05, 0.1) is 0 Å². The second-order valence-corrected chi connectivity index (χ2v) is 8.68. The molecule has 0 aliphatic rings. The van der Waals surface area contributed by atoms with Crippen LogP contribution in [-0.4, -0.2) is 18.3 Å². The van der Waals surface area contributed by atoms with E-state index < -0.39 is 0 Å². The lowest BCUT2D eigenvalue weighted by molar-refractivity contribution is 1.05. The van der Waals surface area contributed by atoms with Crippen molar-refractivity contribution in [3.8, 4) is 0 Å². The van der Waals surface area contributed by atoms with Gasteiger partial charge >= 0.3 is 0 Å². The molecule has 0 saturated heterocycles. The Balaban J connectivity index is 2.83. The van der Waals surface area contributed by atoms with Crippen molar-refractivity contribution < 1.29 is 0 Å². The number of hydrogen-bond donors (Lipinski definition) is 0. The molecule has 0 rings (SSSR count). The first kappa shape index (κ1) is 10.2. The minimum Gasteiger partial charge on any atom is -0.103 e. The van der Waals surface area contributed by atoms with Gasteiger partial charge in [0.15, 0.2) is 0 Å². The summed E-state index contributed by atoms with van der Waals surface area (Å²) in [4.78, 5) is 0. The van der Waals surface area contributed by atoms with E-state index in [0.29, 0.717) is 0 Å². The topological polar surface area (TPSA) is 0 Å². The first-order valence-electron chi connectivity index (χ1n) is 4.38. The Kier molecular flexibility index (Phi) is 7.41. The third kappa shape index (κ3) is 8.17. The van der Waals surface area contributed by atoms with E-state index in [1.807, 2.05) is 0 Å². The summed E-state index contributed by atoms with van der Waals surface area (Å²) in [6.45, 7) is 8.62. The van der Waals surface area contributed by atoms with Crippen LogP contribution in [0.4, 0.5) is 0 Å². The van der Waals surface area contributed by atoms with Gasteiger partial charge in [0, 0.05) is 18.3 Å². The molecular formula is C8H20Si2. The summed E-state index contributed by atoms with van der Waals surface area (Å²) in [5.41, 5.74) is 0. The van der Waals surface area contributed by atoms with Crippen LogP contribution in [0.25, 0.3) is 0 Å². The van der Waals surface area contributed by atoms with Crippen LogP contribution in [-0.2, 0) is 0 Å². The molecule has 0 aliphatic carbocycles. The molecule has 0 saturated carbocycles. The van der Waals surface area contributed by atoms with Crippen LogP contribution in [0.5, 0.6) is 0 Å². The highest BCUT2D eigenvalue weighted by molar-refractivity contribution is 6.55. The standard InChI is InChI=1S/C8H20Si2/c1-4-6-9-7-5-8-10(2)3/h4,10H,1,5-9H2,2-3H3. The minimum absolute atomic E-state index is 0.226. The SMILES string of the molecule is C=CC[SiH2]CCC[SiH](C)C. The predicted molar refractivity (Wildman–Crippen MR) is 56.7 cm³/mol. The maximum absolute atomic E-state index is 3.74. The molecule has 0 heterocycles. The van der Waals surface area contributed by atoms with E-state index in [1.54, 1.807) is 12.1 Å². The van der Waals surface area contributed by atoms with Crippen LogP contribution in [0.3, 0.4) is 0 Å². The summed E-state index contributed by atoms with van der Waals surface area (Å²) in [6.07, 6.45) is 3.60. The van der Waals surface area contributed by atoms with Crippen LogP contribution in [0.2, 0.25) is 31.2 Å². The van der Waals surface area contributed by atoms with Crippen molar-refractivity contribution >= 4 is 18.3 Å². The lowest BCUT2D eigenvalue weighted by atomic mass is 10.6. The molecule has 10 heavy (non-hydrogen) atoms. The van der Waals surface area contributed by atoms with Crippen molar-refractivity contribution in [2.24, 2.45) is 0 Å². The van der Waals surface area contributed by atoms with Crippen molar-refractivity contribution in [1.82, 2.24) is 0 Å². The minimum atomic E-state index is -0.226. The molecule has 0 aromatic carbocycles. The van der Waals surface area contributed by atoms with Gasteiger partial charge in [-0.15, -0.1) is 6.58 Å². The van der Waals surface area contributed by atoms with Gasteiger partial charge in [0.1, 0.15) is 0 Å². The van der Waals surface area contributed by atoms with Crippen LogP contribution in [0, 0.1) is 0 Å². The van der Waals surface area contributed by atoms with Crippen molar-refractivity contribution in [3.05, 3.63) is 12.7 Å². The van der Waals surface area contributed by atoms with Crippen molar-refractivity contribution in [2.45, 2.75) is 37.6 Å². The summed E-state index contributed by atoms with van der Waals surface area (Å²) in [7, 11) is 0.0468. The van der Waals surface area contributed by atoms with E-state index in [9.17, 15) is 0 Å². The smallest absolute Gasteiger partial charge is 0.0305 e. The van der Waals surface area contributed by atoms with Crippen LogP contribution in [0.15, 0.2) is 12.7 Å². The summed E-state index contributed by atoms with van der Waals surface area (Å²) >= 11 is 0. The van der Waals surface area contributed by atoms with Crippen molar-refractivity contribution in [2.75, 3.05) is 0 Å². The lowest BCUT2D eigenvalue weighted by Gasteiger charge is -2.00. The van der Waals surface area contributed by atoms with Crippen LogP contribution >= 0.6 is 0 Å². The third-order valence-electron chi connectivity index (χ3n) is 1.69. The zero-order valence-electron chi connectivity index (χ0n) is 7.40. The molecule has 0 spiro atoms. The molecule has 0 aliphatic heterocycles. The molecule has 0 bridgehead atoms. The Morgan fingerprint density at radius 1 is 1.50 bits per heavy atom. The zero-order chi connectivity index (χ0) is 7.82. The van der Waals surface area contributed by atoms with Gasteiger partial charge in [0.25, 0.3) is 0 Å². The van der Waals surface area contributed by atoms with Gasteiger partial charge in [-0.2, -0.15) is 0 Å². The van der Waals surface area contributed by atoms with Gasteiger partial charge in [-0.25, -0.2) is 0 Å². The van der Waals surface area contributed by atoms with Crippen LogP contribution in [0.1, 0.15) is 6.42 Å². The van der Waals surface area contributed by atoms with E-state index in [1.165, 1.54) is 12.5 Å². The fraction of sp³-hybridized carbons (Fsp3) is 0.750. The Morgan fingerprint density at radius 3 is 2.70 bits per heavy atom. The van der Waals surface area contributed by atoms with Gasteiger partial charge in [-0.05, 0) is 6.04 Å². The van der Waals surface area contributed by atoms with E-state index >= 15 is 0 Å². The van der Waals surface area contributed by atoms with E-state index in [-0.39, 0.29) is 18.3 Å². The Morgan fingerprint density at radius 2 is 2.20 bits per heavy atom.